The van der Waals surface area contributed by atoms with Crippen molar-refractivity contribution in [2.24, 2.45) is 5.73 Å². The topological polar surface area (TPSA) is 81.2 Å². The molecule has 0 saturated carbocycles. The van der Waals surface area contributed by atoms with Gasteiger partial charge in [0.15, 0.2) is 0 Å². The number of carbonyl (C=O) groups is 1. The second-order valence-corrected chi connectivity index (χ2v) is 5.66. The Morgan fingerprint density at radius 1 is 1.39 bits per heavy atom. The summed E-state index contributed by atoms with van der Waals surface area (Å²) >= 11 is 0. The Labute approximate surface area is 135 Å². The SMILES string of the molecule is Cc1noc(C)c1CCNC(=O)C[C@H](N)Cc1ccccc1F. The Morgan fingerprint density at radius 2 is 2.13 bits per heavy atom. The van der Waals surface area contributed by atoms with Gasteiger partial charge in [-0.2, -0.15) is 0 Å². The van der Waals surface area contributed by atoms with E-state index in [-0.39, 0.29) is 18.1 Å². The zero-order chi connectivity index (χ0) is 16.8. The van der Waals surface area contributed by atoms with Crippen LogP contribution in [0, 0.1) is 19.7 Å². The number of nitrogens with one attached hydrogen (secondary N) is 1. The van der Waals surface area contributed by atoms with E-state index in [1.165, 1.54) is 6.07 Å². The van der Waals surface area contributed by atoms with Gasteiger partial charge in [-0.3, -0.25) is 4.79 Å². The fraction of sp³-hybridized carbons (Fsp3) is 0.412. The highest BCUT2D eigenvalue weighted by Gasteiger charge is 2.13. The lowest BCUT2D eigenvalue weighted by Crippen LogP contribution is -2.34. The molecule has 1 atom stereocenters. The van der Waals surface area contributed by atoms with Crippen molar-refractivity contribution in [2.75, 3.05) is 6.54 Å². The number of aryl methyl sites for hydroxylation is 2. The maximum atomic E-state index is 13.6. The molecule has 2 aromatic rings. The van der Waals surface area contributed by atoms with Crippen LogP contribution in [0.5, 0.6) is 0 Å². The number of hydrogen-bond acceptors (Lipinski definition) is 4. The highest BCUT2D eigenvalue weighted by Crippen LogP contribution is 2.12. The van der Waals surface area contributed by atoms with Gasteiger partial charge < -0.3 is 15.6 Å². The van der Waals surface area contributed by atoms with Crippen LogP contribution in [-0.4, -0.2) is 23.7 Å². The highest BCUT2D eigenvalue weighted by atomic mass is 19.1. The number of hydrogen-bond donors (Lipinski definition) is 2. The minimum Gasteiger partial charge on any atom is -0.361 e. The van der Waals surface area contributed by atoms with Gasteiger partial charge in [0.05, 0.1) is 5.69 Å². The van der Waals surface area contributed by atoms with Crippen molar-refractivity contribution in [3.63, 3.8) is 0 Å². The van der Waals surface area contributed by atoms with Crippen LogP contribution in [0.15, 0.2) is 28.8 Å². The van der Waals surface area contributed by atoms with Gasteiger partial charge in [-0.25, -0.2) is 4.39 Å². The van der Waals surface area contributed by atoms with Crippen LogP contribution in [0.25, 0.3) is 0 Å². The molecule has 3 N–H and O–H groups in total. The van der Waals surface area contributed by atoms with Crippen molar-refractivity contribution in [3.8, 4) is 0 Å². The Kier molecular flexibility index (Phi) is 5.87. The summed E-state index contributed by atoms with van der Waals surface area (Å²) in [7, 11) is 0. The molecule has 5 nitrogen and oxygen atoms in total. The Morgan fingerprint density at radius 3 is 2.78 bits per heavy atom. The molecule has 1 aromatic heterocycles. The molecule has 0 aliphatic heterocycles. The molecule has 0 radical (unpaired) electrons. The Balaban J connectivity index is 1.75. The van der Waals surface area contributed by atoms with Gasteiger partial charge in [0.25, 0.3) is 0 Å². The third-order valence-corrected chi connectivity index (χ3v) is 3.77. The molecular formula is C17H22FN3O2. The number of nitrogens with two attached hydrogens (primary N) is 1. The summed E-state index contributed by atoms with van der Waals surface area (Å²) in [5, 5.41) is 6.70. The zero-order valence-corrected chi connectivity index (χ0v) is 13.4. The third-order valence-electron chi connectivity index (χ3n) is 3.77. The average Bonchev–Trinajstić information content (AvgIpc) is 2.81. The number of nitrogens with zero attached hydrogens (tertiary/aromatic N) is 1. The van der Waals surface area contributed by atoms with E-state index in [4.69, 9.17) is 10.3 Å². The highest BCUT2D eigenvalue weighted by molar-refractivity contribution is 5.76. The number of amides is 1. The third kappa shape index (κ3) is 4.89. The second-order valence-electron chi connectivity index (χ2n) is 5.66. The molecule has 0 spiro atoms. The van der Waals surface area contributed by atoms with Gasteiger partial charge in [-0.1, -0.05) is 23.4 Å². The van der Waals surface area contributed by atoms with Gasteiger partial charge >= 0.3 is 0 Å². The smallest absolute Gasteiger partial charge is 0.221 e. The van der Waals surface area contributed by atoms with Crippen molar-refractivity contribution in [1.29, 1.82) is 0 Å². The summed E-state index contributed by atoms with van der Waals surface area (Å²) in [6.07, 6.45) is 1.16. The Hall–Kier alpha value is -2.21. The zero-order valence-electron chi connectivity index (χ0n) is 13.4. The maximum Gasteiger partial charge on any atom is 0.221 e. The second kappa shape index (κ2) is 7.87. The predicted octanol–water partition coefficient (Wildman–Crippen LogP) is 2.05. The monoisotopic (exact) mass is 319 g/mol. The lowest BCUT2D eigenvalue weighted by molar-refractivity contribution is -0.121. The average molecular weight is 319 g/mol. The summed E-state index contributed by atoms with van der Waals surface area (Å²) in [4.78, 5) is 11.9. The van der Waals surface area contributed by atoms with Crippen LogP contribution in [0.2, 0.25) is 0 Å². The summed E-state index contributed by atoms with van der Waals surface area (Å²) in [6.45, 7) is 4.22. The largest absolute Gasteiger partial charge is 0.361 e. The van der Waals surface area contributed by atoms with Crippen LogP contribution >= 0.6 is 0 Å². The molecule has 23 heavy (non-hydrogen) atoms. The van der Waals surface area contributed by atoms with Crippen molar-refractivity contribution in [3.05, 3.63) is 52.7 Å². The standard InChI is InChI=1S/C17H22FN3O2/c1-11-15(12(2)23-21-11)7-8-20-17(22)10-14(19)9-13-5-3-4-6-16(13)18/h3-6,14H,7-10,19H2,1-2H3,(H,20,22)/t14-/m1/s1. The minimum atomic E-state index is -0.411. The number of rotatable bonds is 7. The van der Waals surface area contributed by atoms with Crippen LogP contribution in [0.4, 0.5) is 4.39 Å². The number of aromatic nitrogens is 1. The summed E-state index contributed by atoms with van der Waals surface area (Å²) in [6, 6.07) is 6.06. The molecule has 124 valence electrons. The molecule has 2 rings (SSSR count). The first-order chi connectivity index (χ1) is 11.0. The van der Waals surface area contributed by atoms with E-state index in [1.807, 2.05) is 13.8 Å². The maximum absolute atomic E-state index is 13.6. The Bertz CT molecular complexity index is 650. The van der Waals surface area contributed by atoms with Crippen molar-refractivity contribution < 1.29 is 13.7 Å². The van der Waals surface area contributed by atoms with Gasteiger partial charge in [0.2, 0.25) is 5.91 Å². The van der Waals surface area contributed by atoms with E-state index < -0.39 is 6.04 Å². The summed E-state index contributed by atoms with van der Waals surface area (Å²) < 4.78 is 18.6. The number of carbonyl (C=O) groups excluding carboxylic acids is 1. The first kappa shape index (κ1) is 17.1. The van der Waals surface area contributed by atoms with E-state index in [0.29, 0.717) is 24.9 Å². The normalized spacial score (nSPS) is 12.2. The first-order valence-electron chi connectivity index (χ1n) is 7.64. The van der Waals surface area contributed by atoms with Crippen molar-refractivity contribution >= 4 is 5.91 Å². The minimum absolute atomic E-state index is 0.138. The fourth-order valence-corrected chi connectivity index (χ4v) is 2.51. The van der Waals surface area contributed by atoms with Crippen LogP contribution in [-0.2, 0) is 17.6 Å². The quantitative estimate of drug-likeness (QED) is 0.818. The molecule has 0 unspecified atom stereocenters. The molecule has 1 aromatic carbocycles. The van der Waals surface area contributed by atoms with Crippen molar-refractivity contribution in [1.82, 2.24) is 10.5 Å². The molecule has 0 fully saturated rings. The fourth-order valence-electron chi connectivity index (χ4n) is 2.51. The molecule has 0 aliphatic carbocycles. The van der Waals surface area contributed by atoms with Crippen LogP contribution in [0.1, 0.15) is 29.0 Å². The van der Waals surface area contributed by atoms with Crippen LogP contribution in [0.3, 0.4) is 0 Å². The number of benzene rings is 1. The molecule has 1 heterocycles. The van der Waals surface area contributed by atoms with Crippen molar-refractivity contribution in [2.45, 2.75) is 39.2 Å². The van der Waals surface area contributed by atoms with E-state index in [2.05, 4.69) is 10.5 Å². The molecule has 6 heteroatoms. The van der Waals surface area contributed by atoms with E-state index in [9.17, 15) is 9.18 Å². The van der Waals surface area contributed by atoms with Gasteiger partial charge in [0.1, 0.15) is 11.6 Å². The van der Waals surface area contributed by atoms with E-state index >= 15 is 0 Å². The lowest BCUT2D eigenvalue weighted by atomic mass is 10.0. The van der Waals surface area contributed by atoms with Gasteiger partial charge in [-0.15, -0.1) is 0 Å². The predicted molar refractivity (Wildman–Crippen MR) is 85.4 cm³/mol. The van der Waals surface area contributed by atoms with E-state index in [1.54, 1.807) is 18.2 Å². The first-order valence-corrected chi connectivity index (χ1v) is 7.64. The van der Waals surface area contributed by atoms with Gasteiger partial charge in [-0.05, 0) is 38.3 Å². The molecule has 0 aliphatic rings. The molecule has 1 amide bonds. The number of halogens is 1. The molecular weight excluding hydrogens is 297 g/mol. The van der Waals surface area contributed by atoms with E-state index in [0.717, 1.165) is 17.0 Å². The summed E-state index contributed by atoms with van der Waals surface area (Å²) in [5.41, 5.74) is 8.32. The lowest BCUT2D eigenvalue weighted by Gasteiger charge is -2.12. The summed E-state index contributed by atoms with van der Waals surface area (Å²) in [5.74, 6) is 0.343. The molecule has 0 saturated heterocycles. The van der Waals surface area contributed by atoms with Gasteiger partial charge in [0, 0.05) is 24.6 Å². The molecule has 0 bridgehead atoms. The van der Waals surface area contributed by atoms with Crippen LogP contribution < -0.4 is 11.1 Å².